The van der Waals surface area contributed by atoms with Gasteiger partial charge in [-0.1, -0.05) is 0 Å². The first-order valence-corrected chi connectivity index (χ1v) is 7.09. The maximum absolute atomic E-state index is 13.0. The zero-order valence-corrected chi connectivity index (χ0v) is 12.4. The van der Waals surface area contributed by atoms with Crippen molar-refractivity contribution in [2.24, 2.45) is 0 Å². The monoisotopic (exact) mass is 372 g/mol. The van der Waals surface area contributed by atoms with E-state index >= 15 is 0 Å². The summed E-state index contributed by atoms with van der Waals surface area (Å²) >= 11 is 1.59. The maximum Gasteiger partial charge on any atom is 0.475 e. The maximum atomic E-state index is 13.0. The van der Waals surface area contributed by atoms with Gasteiger partial charge in [0.05, 0.1) is 6.61 Å². The molecule has 2 rings (SSSR count). The fourth-order valence-corrected chi connectivity index (χ4v) is 1.83. The molecule has 1 aliphatic heterocycles. The third-order valence-electron chi connectivity index (χ3n) is 2.81. The third kappa shape index (κ3) is 4.47. The van der Waals surface area contributed by atoms with Crippen LogP contribution in [0.25, 0.3) is 0 Å². The van der Waals surface area contributed by atoms with Crippen molar-refractivity contribution in [2.75, 3.05) is 6.61 Å². The van der Waals surface area contributed by atoms with Crippen LogP contribution in [0, 0.1) is 0 Å². The molecule has 1 heterocycles. The molecular formula is C13H13BrF4O3. The Morgan fingerprint density at radius 3 is 2.19 bits per heavy atom. The standard InChI is InChI=1S/C13H13BrF4O3/c14-12(15,16)13(17,18)21-10-6-4-9(5-7-10)20-11-3-1-2-8-19-11/h4-7,11H,1-3,8H2. The van der Waals surface area contributed by atoms with E-state index in [-0.39, 0.29) is 6.29 Å². The minimum atomic E-state index is -4.65. The Labute approximate surface area is 127 Å². The van der Waals surface area contributed by atoms with E-state index in [9.17, 15) is 17.6 Å². The van der Waals surface area contributed by atoms with Crippen LogP contribution in [0.2, 0.25) is 0 Å². The molecule has 1 aromatic carbocycles. The van der Waals surface area contributed by atoms with Crippen LogP contribution in [0.1, 0.15) is 19.3 Å². The summed E-state index contributed by atoms with van der Waals surface area (Å²) in [7, 11) is 0. The van der Waals surface area contributed by atoms with Crippen molar-refractivity contribution in [3.8, 4) is 11.5 Å². The minimum Gasteiger partial charge on any atom is -0.465 e. The van der Waals surface area contributed by atoms with Gasteiger partial charge in [0.15, 0.2) is 6.29 Å². The van der Waals surface area contributed by atoms with Crippen LogP contribution in [0.4, 0.5) is 17.6 Å². The van der Waals surface area contributed by atoms with Crippen molar-refractivity contribution in [1.29, 1.82) is 0 Å². The van der Waals surface area contributed by atoms with Crippen molar-refractivity contribution >= 4 is 15.9 Å². The van der Waals surface area contributed by atoms with Crippen LogP contribution in [0.3, 0.4) is 0 Å². The predicted molar refractivity (Wildman–Crippen MR) is 70.1 cm³/mol. The highest BCUT2D eigenvalue weighted by atomic mass is 79.9. The fraction of sp³-hybridized carbons (Fsp3) is 0.538. The molecule has 1 saturated heterocycles. The van der Waals surface area contributed by atoms with Crippen LogP contribution in [0.15, 0.2) is 24.3 Å². The Bertz CT molecular complexity index is 455. The second-order valence-electron chi connectivity index (χ2n) is 4.50. The Morgan fingerprint density at radius 2 is 1.67 bits per heavy atom. The predicted octanol–water partition coefficient (Wildman–Crippen LogP) is 4.55. The number of halogens is 5. The van der Waals surface area contributed by atoms with Gasteiger partial charge < -0.3 is 14.2 Å². The lowest BCUT2D eigenvalue weighted by molar-refractivity contribution is -0.266. The van der Waals surface area contributed by atoms with E-state index in [4.69, 9.17) is 9.47 Å². The summed E-state index contributed by atoms with van der Waals surface area (Å²) in [6.45, 7) is 0.610. The normalized spacial score (nSPS) is 20.1. The number of rotatable bonds is 5. The van der Waals surface area contributed by atoms with E-state index in [1.807, 2.05) is 0 Å². The molecule has 1 atom stereocenters. The van der Waals surface area contributed by atoms with E-state index in [1.165, 1.54) is 12.1 Å². The molecule has 1 aliphatic rings. The molecule has 0 radical (unpaired) electrons. The third-order valence-corrected chi connectivity index (χ3v) is 3.27. The van der Waals surface area contributed by atoms with E-state index in [0.29, 0.717) is 12.4 Å². The summed E-state index contributed by atoms with van der Waals surface area (Å²) < 4.78 is 66.0. The molecule has 0 aromatic heterocycles. The highest BCUT2D eigenvalue weighted by Crippen LogP contribution is 2.40. The highest BCUT2D eigenvalue weighted by Gasteiger charge is 2.57. The van der Waals surface area contributed by atoms with E-state index in [2.05, 4.69) is 4.74 Å². The van der Waals surface area contributed by atoms with Gasteiger partial charge >= 0.3 is 10.9 Å². The quantitative estimate of drug-likeness (QED) is 0.560. The first-order valence-electron chi connectivity index (χ1n) is 6.30. The Morgan fingerprint density at radius 1 is 1.05 bits per heavy atom. The molecule has 21 heavy (non-hydrogen) atoms. The number of benzene rings is 1. The lowest BCUT2D eigenvalue weighted by Crippen LogP contribution is -2.40. The average Bonchev–Trinajstić information content (AvgIpc) is 2.41. The van der Waals surface area contributed by atoms with Crippen LogP contribution in [-0.2, 0) is 4.74 Å². The van der Waals surface area contributed by atoms with Crippen molar-refractivity contribution in [3.63, 3.8) is 0 Å². The molecular weight excluding hydrogens is 360 g/mol. The van der Waals surface area contributed by atoms with Crippen LogP contribution >= 0.6 is 15.9 Å². The molecule has 118 valence electrons. The van der Waals surface area contributed by atoms with Gasteiger partial charge in [0.25, 0.3) is 0 Å². The van der Waals surface area contributed by atoms with Gasteiger partial charge in [-0.05, 0) is 37.1 Å². The number of hydrogen-bond donors (Lipinski definition) is 0. The molecule has 1 aromatic rings. The summed E-state index contributed by atoms with van der Waals surface area (Å²) in [5.41, 5.74) is 0. The minimum absolute atomic E-state index is 0.376. The van der Waals surface area contributed by atoms with Crippen LogP contribution < -0.4 is 9.47 Å². The molecule has 0 N–H and O–H groups in total. The Balaban J connectivity index is 1.95. The summed E-state index contributed by atoms with van der Waals surface area (Å²) in [5.74, 6) is -0.000735. The van der Waals surface area contributed by atoms with Crippen LogP contribution in [-0.4, -0.2) is 23.8 Å². The smallest absolute Gasteiger partial charge is 0.465 e. The molecule has 0 saturated carbocycles. The largest absolute Gasteiger partial charge is 0.475 e. The average molecular weight is 373 g/mol. The molecule has 0 bridgehead atoms. The zero-order valence-electron chi connectivity index (χ0n) is 10.8. The number of hydrogen-bond acceptors (Lipinski definition) is 3. The van der Waals surface area contributed by atoms with Gasteiger partial charge in [0, 0.05) is 22.4 Å². The molecule has 1 fully saturated rings. The Kier molecular flexibility index (Phi) is 4.98. The molecule has 8 heteroatoms. The topological polar surface area (TPSA) is 27.7 Å². The summed E-state index contributed by atoms with van der Waals surface area (Å²) in [6.07, 6.45) is -2.33. The van der Waals surface area contributed by atoms with Gasteiger partial charge in [-0.3, -0.25) is 0 Å². The first-order chi connectivity index (χ1) is 9.78. The van der Waals surface area contributed by atoms with Gasteiger partial charge in [0.1, 0.15) is 11.5 Å². The molecule has 0 spiro atoms. The van der Waals surface area contributed by atoms with Gasteiger partial charge in [0.2, 0.25) is 0 Å². The second-order valence-corrected chi connectivity index (χ2v) is 5.50. The van der Waals surface area contributed by atoms with Crippen molar-refractivity contribution in [1.82, 2.24) is 0 Å². The summed E-state index contributed by atoms with van der Waals surface area (Å²) in [6, 6.07) is 4.97. The summed E-state index contributed by atoms with van der Waals surface area (Å²) in [4.78, 5) is -4.45. The highest BCUT2D eigenvalue weighted by molar-refractivity contribution is 9.10. The van der Waals surface area contributed by atoms with Gasteiger partial charge in [-0.15, -0.1) is 0 Å². The van der Waals surface area contributed by atoms with E-state index < -0.39 is 16.7 Å². The van der Waals surface area contributed by atoms with Crippen molar-refractivity contribution < 1.29 is 31.8 Å². The molecule has 0 aliphatic carbocycles. The lowest BCUT2D eigenvalue weighted by atomic mass is 10.2. The molecule has 3 nitrogen and oxygen atoms in total. The Hall–Kier alpha value is -1.02. The number of alkyl halides is 5. The summed E-state index contributed by atoms with van der Waals surface area (Å²) in [5, 5.41) is 0. The van der Waals surface area contributed by atoms with Gasteiger partial charge in [-0.25, -0.2) is 0 Å². The van der Waals surface area contributed by atoms with Crippen molar-refractivity contribution in [3.05, 3.63) is 24.3 Å². The SMILES string of the molecule is FC(F)(Br)C(F)(F)Oc1ccc(OC2CCCCO2)cc1. The lowest BCUT2D eigenvalue weighted by Gasteiger charge is -2.24. The zero-order chi connectivity index (χ0) is 15.5. The number of ether oxygens (including phenoxy) is 3. The van der Waals surface area contributed by atoms with Crippen molar-refractivity contribution in [2.45, 2.75) is 36.5 Å². The van der Waals surface area contributed by atoms with Gasteiger partial charge in [-0.2, -0.15) is 17.6 Å². The second kappa shape index (κ2) is 6.39. The first kappa shape index (κ1) is 16.4. The molecule has 0 amide bonds. The van der Waals surface area contributed by atoms with E-state index in [0.717, 1.165) is 31.4 Å². The van der Waals surface area contributed by atoms with E-state index in [1.54, 1.807) is 15.9 Å². The fourth-order valence-electron chi connectivity index (χ4n) is 1.75. The van der Waals surface area contributed by atoms with Crippen LogP contribution in [0.5, 0.6) is 11.5 Å². The molecule has 1 unspecified atom stereocenters.